The average Bonchev–Trinajstić information content (AvgIpc) is 3.24. The second kappa shape index (κ2) is 6.06. The molecule has 2 amide bonds. The van der Waals surface area contributed by atoms with E-state index >= 15 is 0 Å². The van der Waals surface area contributed by atoms with Gasteiger partial charge in [0.15, 0.2) is 5.82 Å². The standard InChI is InChI=1S/C15H20N6O3/c1-9-11(6-17-21(9)4)14-10(5-13(22)20(14)3)15(23)19(2)7-12-16-8-24-18-12/h6,8,10,14H,5,7H2,1-4H3/t10-,14-/m0/s1. The lowest BCUT2D eigenvalue weighted by Gasteiger charge is -2.27. The predicted octanol–water partition coefficient (Wildman–Crippen LogP) is 0.290. The van der Waals surface area contributed by atoms with E-state index < -0.39 is 5.92 Å². The molecule has 2 aromatic rings. The van der Waals surface area contributed by atoms with E-state index in [4.69, 9.17) is 4.52 Å². The Balaban J connectivity index is 1.85. The molecule has 1 fully saturated rings. The molecule has 0 aliphatic carbocycles. The van der Waals surface area contributed by atoms with Crippen molar-refractivity contribution in [2.45, 2.75) is 25.9 Å². The van der Waals surface area contributed by atoms with E-state index in [0.29, 0.717) is 5.82 Å². The zero-order chi connectivity index (χ0) is 17.4. The SMILES string of the molecule is Cc1c([C@@H]2[C@@H](C(=O)N(C)Cc3ncon3)CC(=O)N2C)cnn1C. The van der Waals surface area contributed by atoms with E-state index in [9.17, 15) is 9.59 Å². The van der Waals surface area contributed by atoms with Crippen LogP contribution in [0.3, 0.4) is 0 Å². The third-order valence-corrected chi connectivity index (χ3v) is 4.66. The van der Waals surface area contributed by atoms with Crippen molar-refractivity contribution in [2.24, 2.45) is 13.0 Å². The largest absolute Gasteiger partial charge is 0.343 e. The van der Waals surface area contributed by atoms with Gasteiger partial charge < -0.3 is 14.3 Å². The van der Waals surface area contributed by atoms with Gasteiger partial charge in [0.2, 0.25) is 18.2 Å². The lowest BCUT2D eigenvalue weighted by atomic mass is 9.93. The van der Waals surface area contributed by atoms with Gasteiger partial charge in [-0.2, -0.15) is 10.1 Å². The second-order valence-corrected chi connectivity index (χ2v) is 6.11. The van der Waals surface area contributed by atoms with Crippen molar-refractivity contribution < 1.29 is 14.1 Å². The Bertz CT molecular complexity index is 753. The molecule has 0 unspecified atom stereocenters. The van der Waals surface area contributed by atoms with Crippen LogP contribution in [0.5, 0.6) is 0 Å². The summed E-state index contributed by atoms with van der Waals surface area (Å²) in [7, 11) is 5.25. The first-order valence-corrected chi connectivity index (χ1v) is 7.64. The van der Waals surface area contributed by atoms with Crippen LogP contribution in [0, 0.1) is 12.8 Å². The fourth-order valence-corrected chi connectivity index (χ4v) is 3.16. The first-order chi connectivity index (χ1) is 11.4. The van der Waals surface area contributed by atoms with Gasteiger partial charge in [-0.1, -0.05) is 5.16 Å². The Kier molecular flexibility index (Phi) is 4.08. The fraction of sp³-hybridized carbons (Fsp3) is 0.533. The van der Waals surface area contributed by atoms with Crippen LogP contribution < -0.4 is 0 Å². The molecule has 3 heterocycles. The number of nitrogens with zero attached hydrogens (tertiary/aromatic N) is 6. The summed E-state index contributed by atoms with van der Waals surface area (Å²) >= 11 is 0. The molecule has 0 spiro atoms. The van der Waals surface area contributed by atoms with Gasteiger partial charge in [0.1, 0.15) is 0 Å². The fourth-order valence-electron chi connectivity index (χ4n) is 3.16. The zero-order valence-electron chi connectivity index (χ0n) is 14.1. The number of hydrogen-bond donors (Lipinski definition) is 0. The minimum atomic E-state index is -0.456. The highest BCUT2D eigenvalue weighted by molar-refractivity contribution is 5.90. The van der Waals surface area contributed by atoms with Crippen molar-refractivity contribution in [1.82, 2.24) is 29.7 Å². The van der Waals surface area contributed by atoms with Gasteiger partial charge >= 0.3 is 0 Å². The van der Waals surface area contributed by atoms with Crippen molar-refractivity contribution in [3.63, 3.8) is 0 Å². The van der Waals surface area contributed by atoms with Gasteiger partial charge in [0, 0.05) is 38.8 Å². The van der Waals surface area contributed by atoms with E-state index in [0.717, 1.165) is 11.3 Å². The number of amides is 2. The minimum absolute atomic E-state index is 0.0467. The third kappa shape index (κ3) is 2.66. The number of aryl methyl sites for hydroxylation is 1. The van der Waals surface area contributed by atoms with Crippen LogP contribution in [-0.2, 0) is 23.2 Å². The van der Waals surface area contributed by atoms with Gasteiger partial charge in [-0.05, 0) is 6.92 Å². The van der Waals surface area contributed by atoms with Crippen LogP contribution in [0.25, 0.3) is 0 Å². The molecular formula is C15H20N6O3. The quantitative estimate of drug-likeness (QED) is 0.798. The van der Waals surface area contributed by atoms with Crippen molar-refractivity contribution in [3.8, 4) is 0 Å². The van der Waals surface area contributed by atoms with Crippen LogP contribution in [0.4, 0.5) is 0 Å². The van der Waals surface area contributed by atoms with Gasteiger partial charge in [0.05, 0.1) is 24.7 Å². The predicted molar refractivity (Wildman–Crippen MR) is 82.3 cm³/mol. The maximum atomic E-state index is 12.9. The lowest BCUT2D eigenvalue weighted by Crippen LogP contribution is -2.36. The normalized spacial score (nSPS) is 20.7. The van der Waals surface area contributed by atoms with Gasteiger partial charge in [-0.25, -0.2) is 0 Å². The summed E-state index contributed by atoms with van der Waals surface area (Å²) in [5.74, 6) is -0.194. The van der Waals surface area contributed by atoms with Gasteiger partial charge in [0.25, 0.3) is 0 Å². The van der Waals surface area contributed by atoms with Crippen molar-refractivity contribution >= 4 is 11.8 Å². The molecule has 0 radical (unpaired) electrons. The Morgan fingerprint density at radius 3 is 2.79 bits per heavy atom. The molecule has 128 valence electrons. The first-order valence-electron chi connectivity index (χ1n) is 7.64. The Morgan fingerprint density at radius 2 is 2.21 bits per heavy atom. The smallest absolute Gasteiger partial charge is 0.228 e. The zero-order valence-corrected chi connectivity index (χ0v) is 14.1. The number of rotatable bonds is 4. The summed E-state index contributed by atoms with van der Waals surface area (Å²) < 4.78 is 6.44. The van der Waals surface area contributed by atoms with Crippen LogP contribution >= 0.6 is 0 Å². The molecule has 0 aromatic carbocycles. The summed E-state index contributed by atoms with van der Waals surface area (Å²) in [6.07, 6.45) is 3.14. The van der Waals surface area contributed by atoms with Crippen molar-refractivity contribution in [1.29, 1.82) is 0 Å². The summed E-state index contributed by atoms with van der Waals surface area (Å²) in [6, 6.07) is -0.314. The van der Waals surface area contributed by atoms with E-state index in [1.54, 1.807) is 29.9 Å². The molecule has 0 N–H and O–H groups in total. The maximum absolute atomic E-state index is 12.9. The number of carbonyl (C=O) groups is 2. The van der Waals surface area contributed by atoms with E-state index in [2.05, 4.69) is 15.2 Å². The van der Waals surface area contributed by atoms with E-state index in [1.165, 1.54) is 11.3 Å². The Hall–Kier alpha value is -2.71. The molecular weight excluding hydrogens is 312 g/mol. The van der Waals surface area contributed by atoms with Gasteiger partial charge in [-0.15, -0.1) is 0 Å². The molecule has 0 bridgehead atoms. The third-order valence-electron chi connectivity index (χ3n) is 4.66. The highest BCUT2D eigenvalue weighted by atomic mass is 16.5. The van der Waals surface area contributed by atoms with Crippen molar-refractivity contribution in [2.75, 3.05) is 14.1 Å². The Labute approximate surface area is 139 Å². The number of likely N-dealkylation sites (tertiary alicyclic amines) is 1. The summed E-state index contributed by atoms with van der Waals surface area (Å²) in [6.45, 7) is 2.17. The second-order valence-electron chi connectivity index (χ2n) is 6.11. The highest BCUT2D eigenvalue weighted by Crippen LogP contribution is 2.39. The number of aromatic nitrogens is 4. The van der Waals surface area contributed by atoms with E-state index in [-0.39, 0.29) is 30.8 Å². The molecule has 2 aromatic heterocycles. The van der Waals surface area contributed by atoms with Crippen LogP contribution in [0.15, 0.2) is 17.1 Å². The number of carbonyl (C=O) groups excluding carboxylic acids is 2. The molecule has 1 aliphatic rings. The van der Waals surface area contributed by atoms with Crippen LogP contribution in [0.1, 0.15) is 29.5 Å². The Morgan fingerprint density at radius 1 is 1.46 bits per heavy atom. The summed E-state index contributed by atoms with van der Waals surface area (Å²) in [5, 5.41) is 7.96. The molecule has 9 nitrogen and oxygen atoms in total. The topological polar surface area (TPSA) is 97.4 Å². The van der Waals surface area contributed by atoms with Crippen LogP contribution in [-0.4, -0.2) is 55.6 Å². The summed E-state index contributed by atoms with van der Waals surface area (Å²) in [4.78, 5) is 32.2. The van der Waals surface area contributed by atoms with E-state index in [1.807, 2.05) is 14.0 Å². The minimum Gasteiger partial charge on any atom is -0.343 e. The molecule has 9 heteroatoms. The molecule has 0 saturated carbocycles. The summed E-state index contributed by atoms with van der Waals surface area (Å²) in [5.41, 5.74) is 1.84. The van der Waals surface area contributed by atoms with Gasteiger partial charge in [-0.3, -0.25) is 14.3 Å². The molecule has 1 saturated heterocycles. The monoisotopic (exact) mass is 332 g/mol. The molecule has 24 heavy (non-hydrogen) atoms. The lowest BCUT2D eigenvalue weighted by molar-refractivity contribution is -0.136. The average molecular weight is 332 g/mol. The molecule has 3 rings (SSSR count). The molecule has 2 atom stereocenters. The molecule has 1 aliphatic heterocycles. The van der Waals surface area contributed by atoms with Crippen molar-refractivity contribution in [3.05, 3.63) is 29.7 Å². The maximum Gasteiger partial charge on any atom is 0.228 e. The first kappa shape index (κ1) is 16.2. The number of hydrogen-bond acceptors (Lipinski definition) is 6. The van der Waals surface area contributed by atoms with Crippen LogP contribution in [0.2, 0.25) is 0 Å². The highest BCUT2D eigenvalue weighted by Gasteiger charge is 2.45.